The van der Waals surface area contributed by atoms with Crippen LogP contribution in [0, 0.1) is 5.41 Å². The third kappa shape index (κ3) is 2.27. The van der Waals surface area contributed by atoms with Crippen LogP contribution in [0.5, 0.6) is 11.5 Å². The molecule has 0 heterocycles. The van der Waals surface area contributed by atoms with E-state index in [2.05, 4.69) is 30.3 Å². The fraction of sp³-hybridized carbons (Fsp3) is 0.400. The minimum atomic E-state index is 0.678. The first-order valence-corrected chi connectivity index (χ1v) is 8.07. The van der Waals surface area contributed by atoms with Crippen molar-refractivity contribution in [1.29, 1.82) is 0 Å². The predicted octanol–water partition coefficient (Wildman–Crippen LogP) is 4.64. The molecule has 2 heteroatoms. The highest BCUT2D eigenvalue weighted by molar-refractivity contribution is 5.68. The standard InChI is InChI=1S/C20H22O2/c1-21-18-6-5-15(12-19(18)22-2)14-3-4-17-13-20(9-10-20)8-7-16(17)11-14/h3-6,11-12H,7-10,13H2,1-2H3. The van der Waals surface area contributed by atoms with Gasteiger partial charge in [-0.3, -0.25) is 0 Å². The highest BCUT2D eigenvalue weighted by Gasteiger charge is 2.44. The van der Waals surface area contributed by atoms with Crippen LogP contribution >= 0.6 is 0 Å². The van der Waals surface area contributed by atoms with E-state index in [1.165, 1.54) is 48.8 Å². The van der Waals surface area contributed by atoms with Crippen LogP contribution in [0.1, 0.15) is 30.4 Å². The van der Waals surface area contributed by atoms with Crippen molar-refractivity contribution < 1.29 is 9.47 Å². The molecular formula is C20H22O2. The molecule has 0 amide bonds. The van der Waals surface area contributed by atoms with E-state index in [4.69, 9.17) is 9.47 Å². The molecule has 0 atom stereocenters. The molecular weight excluding hydrogens is 272 g/mol. The Balaban J connectivity index is 1.68. The third-order valence-corrected chi connectivity index (χ3v) is 5.37. The summed E-state index contributed by atoms with van der Waals surface area (Å²) in [6.45, 7) is 0. The summed E-state index contributed by atoms with van der Waals surface area (Å²) in [6, 6.07) is 13.1. The molecule has 0 N–H and O–H groups in total. The number of rotatable bonds is 3. The summed E-state index contributed by atoms with van der Waals surface area (Å²) >= 11 is 0. The fourth-order valence-corrected chi connectivity index (χ4v) is 3.72. The van der Waals surface area contributed by atoms with Crippen molar-refractivity contribution in [2.45, 2.75) is 32.1 Å². The van der Waals surface area contributed by atoms with Gasteiger partial charge in [0.2, 0.25) is 0 Å². The number of hydrogen-bond acceptors (Lipinski definition) is 2. The maximum atomic E-state index is 5.42. The van der Waals surface area contributed by atoms with Crippen molar-refractivity contribution in [2.24, 2.45) is 5.41 Å². The van der Waals surface area contributed by atoms with Gasteiger partial charge in [0.1, 0.15) is 0 Å². The summed E-state index contributed by atoms with van der Waals surface area (Å²) < 4.78 is 10.7. The van der Waals surface area contributed by atoms with Crippen LogP contribution in [0.3, 0.4) is 0 Å². The minimum absolute atomic E-state index is 0.678. The van der Waals surface area contributed by atoms with Crippen molar-refractivity contribution in [3.63, 3.8) is 0 Å². The van der Waals surface area contributed by atoms with Gasteiger partial charge in [0, 0.05) is 0 Å². The minimum Gasteiger partial charge on any atom is -0.493 e. The monoisotopic (exact) mass is 294 g/mol. The summed E-state index contributed by atoms with van der Waals surface area (Å²) in [5.74, 6) is 1.56. The van der Waals surface area contributed by atoms with Crippen molar-refractivity contribution in [1.82, 2.24) is 0 Å². The van der Waals surface area contributed by atoms with Gasteiger partial charge in [-0.15, -0.1) is 0 Å². The Morgan fingerprint density at radius 1 is 0.773 bits per heavy atom. The number of benzene rings is 2. The fourth-order valence-electron chi connectivity index (χ4n) is 3.72. The lowest BCUT2D eigenvalue weighted by Crippen LogP contribution is -2.14. The third-order valence-electron chi connectivity index (χ3n) is 5.37. The average molecular weight is 294 g/mol. The van der Waals surface area contributed by atoms with Crippen LogP contribution in [0.15, 0.2) is 36.4 Å². The molecule has 1 saturated carbocycles. The smallest absolute Gasteiger partial charge is 0.161 e. The van der Waals surface area contributed by atoms with E-state index in [0.29, 0.717) is 5.41 Å². The summed E-state index contributed by atoms with van der Waals surface area (Å²) in [5, 5.41) is 0. The lowest BCUT2D eigenvalue weighted by Gasteiger charge is -2.24. The summed E-state index contributed by atoms with van der Waals surface area (Å²) in [4.78, 5) is 0. The summed E-state index contributed by atoms with van der Waals surface area (Å²) in [5.41, 5.74) is 6.23. The largest absolute Gasteiger partial charge is 0.493 e. The Morgan fingerprint density at radius 3 is 2.23 bits per heavy atom. The average Bonchev–Trinajstić information content (AvgIpc) is 3.32. The number of ether oxygens (including phenoxy) is 2. The van der Waals surface area contributed by atoms with Gasteiger partial charge in [-0.25, -0.2) is 0 Å². The van der Waals surface area contributed by atoms with Crippen molar-refractivity contribution in [3.8, 4) is 22.6 Å². The lowest BCUT2D eigenvalue weighted by atomic mass is 9.80. The van der Waals surface area contributed by atoms with Crippen LogP contribution in [0.25, 0.3) is 11.1 Å². The second-order valence-electron chi connectivity index (χ2n) is 6.73. The molecule has 1 fully saturated rings. The maximum absolute atomic E-state index is 5.42. The van der Waals surface area contributed by atoms with Gasteiger partial charge in [-0.1, -0.05) is 24.3 Å². The van der Waals surface area contributed by atoms with Crippen LogP contribution in [-0.2, 0) is 12.8 Å². The number of fused-ring (bicyclic) bond motifs is 1. The molecule has 0 aromatic heterocycles. The molecule has 2 aliphatic carbocycles. The lowest BCUT2D eigenvalue weighted by molar-refractivity contribution is 0.355. The summed E-state index contributed by atoms with van der Waals surface area (Å²) in [6.07, 6.45) is 6.76. The van der Waals surface area contributed by atoms with E-state index in [1.54, 1.807) is 19.8 Å². The summed E-state index contributed by atoms with van der Waals surface area (Å²) in [7, 11) is 3.35. The van der Waals surface area contributed by atoms with Gasteiger partial charge in [0.15, 0.2) is 11.5 Å². The van der Waals surface area contributed by atoms with E-state index < -0.39 is 0 Å². The quantitative estimate of drug-likeness (QED) is 0.821. The van der Waals surface area contributed by atoms with E-state index >= 15 is 0 Å². The van der Waals surface area contributed by atoms with Gasteiger partial charge in [0.25, 0.3) is 0 Å². The molecule has 0 saturated heterocycles. The van der Waals surface area contributed by atoms with Gasteiger partial charge in [-0.2, -0.15) is 0 Å². The normalized spacial score (nSPS) is 17.9. The van der Waals surface area contributed by atoms with E-state index in [1.807, 2.05) is 6.07 Å². The maximum Gasteiger partial charge on any atom is 0.161 e. The number of aryl methyl sites for hydroxylation is 1. The predicted molar refractivity (Wildman–Crippen MR) is 88.7 cm³/mol. The molecule has 0 aliphatic heterocycles. The number of methoxy groups -OCH3 is 2. The Bertz CT molecular complexity index is 714. The van der Waals surface area contributed by atoms with E-state index in [0.717, 1.165) is 11.5 Å². The molecule has 2 nitrogen and oxygen atoms in total. The zero-order valence-electron chi connectivity index (χ0n) is 13.3. The number of hydrogen-bond donors (Lipinski definition) is 0. The van der Waals surface area contributed by atoms with Crippen molar-refractivity contribution in [2.75, 3.05) is 14.2 Å². The van der Waals surface area contributed by atoms with Gasteiger partial charge < -0.3 is 9.47 Å². The zero-order chi connectivity index (χ0) is 15.2. The first kappa shape index (κ1) is 13.7. The highest BCUT2D eigenvalue weighted by atomic mass is 16.5. The molecule has 22 heavy (non-hydrogen) atoms. The SMILES string of the molecule is COc1ccc(-c2ccc3c(c2)CCC2(CC2)C3)cc1OC. The van der Waals surface area contributed by atoms with Gasteiger partial charge >= 0.3 is 0 Å². The van der Waals surface area contributed by atoms with Crippen LogP contribution in [0.2, 0.25) is 0 Å². The Morgan fingerprint density at radius 2 is 1.50 bits per heavy atom. The molecule has 0 radical (unpaired) electrons. The molecule has 0 unspecified atom stereocenters. The molecule has 0 bridgehead atoms. The van der Waals surface area contributed by atoms with Gasteiger partial charge in [-0.05, 0) is 71.9 Å². The first-order valence-electron chi connectivity index (χ1n) is 8.07. The second-order valence-corrected chi connectivity index (χ2v) is 6.73. The molecule has 1 spiro atoms. The molecule has 114 valence electrons. The van der Waals surface area contributed by atoms with E-state index in [9.17, 15) is 0 Å². The van der Waals surface area contributed by atoms with Gasteiger partial charge in [0.05, 0.1) is 14.2 Å². The Labute approximate surface area is 132 Å². The first-order chi connectivity index (χ1) is 10.7. The van der Waals surface area contributed by atoms with Crippen molar-refractivity contribution in [3.05, 3.63) is 47.5 Å². The zero-order valence-corrected chi connectivity index (χ0v) is 13.3. The molecule has 2 aliphatic rings. The molecule has 4 rings (SSSR count). The molecule has 2 aromatic carbocycles. The van der Waals surface area contributed by atoms with E-state index in [-0.39, 0.29) is 0 Å². The van der Waals surface area contributed by atoms with Crippen molar-refractivity contribution >= 4 is 0 Å². The Kier molecular flexibility index (Phi) is 3.14. The Hall–Kier alpha value is -1.96. The highest BCUT2D eigenvalue weighted by Crippen LogP contribution is 2.54. The van der Waals surface area contributed by atoms with Crippen LogP contribution < -0.4 is 9.47 Å². The second kappa shape index (κ2) is 5.05. The molecule has 2 aromatic rings. The van der Waals surface area contributed by atoms with Crippen LogP contribution in [-0.4, -0.2) is 14.2 Å². The van der Waals surface area contributed by atoms with Crippen LogP contribution in [0.4, 0.5) is 0 Å². The topological polar surface area (TPSA) is 18.5 Å².